The molecule has 0 aliphatic heterocycles. The standard InChI is InChI=1S/C14H15F2N3O/c15-8-5-6-11(16)10(7-8)13-18-14(20-19-13)9-3-1-2-4-12(9)17/h5-7,9,12H,1-4,17H2. The predicted molar refractivity (Wildman–Crippen MR) is 68.8 cm³/mol. The van der Waals surface area contributed by atoms with Gasteiger partial charge in [-0.3, -0.25) is 0 Å². The molecule has 1 aromatic heterocycles. The summed E-state index contributed by atoms with van der Waals surface area (Å²) >= 11 is 0. The third-order valence-corrected chi connectivity index (χ3v) is 3.75. The summed E-state index contributed by atoms with van der Waals surface area (Å²) in [7, 11) is 0. The van der Waals surface area contributed by atoms with E-state index in [1.807, 2.05) is 0 Å². The molecule has 0 amide bonds. The van der Waals surface area contributed by atoms with Gasteiger partial charge in [-0.25, -0.2) is 8.78 Å². The van der Waals surface area contributed by atoms with Crippen molar-refractivity contribution in [1.29, 1.82) is 0 Å². The van der Waals surface area contributed by atoms with Crippen LogP contribution in [-0.4, -0.2) is 16.2 Å². The highest BCUT2D eigenvalue weighted by atomic mass is 19.1. The van der Waals surface area contributed by atoms with Crippen molar-refractivity contribution in [3.8, 4) is 11.4 Å². The van der Waals surface area contributed by atoms with Gasteiger partial charge in [0, 0.05) is 6.04 Å². The molecule has 3 rings (SSSR count). The maximum absolute atomic E-state index is 13.7. The number of nitrogens with zero attached hydrogens (tertiary/aromatic N) is 2. The Kier molecular flexibility index (Phi) is 3.48. The molecule has 20 heavy (non-hydrogen) atoms. The number of aromatic nitrogens is 2. The van der Waals surface area contributed by atoms with E-state index in [0.29, 0.717) is 5.89 Å². The van der Waals surface area contributed by atoms with Gasteiger partial charge in [0.15, 0.2) is 0 Å². The lowest BCUT2D eigenvalue weighted by Crippen LogP contribution is -2.31. The van der Waals surface area contributed by atoms with Crippen LogP contribution < -0.4 is 5.73 Å². The van der Waals surface area contributed by atoms with Gasteiger partial charge in [-0.05, 0) is 31.0 Å². The van der Waals surface area contributed by atoms with E-state index in [9.17, 15) is 8.78 Å². The SMILES string of the molecule is NC1CCCCC1c1nc(-c2cc(F)ccc2F)no1. The highest BCUT2D eigenvalue weighted by molar-refractivity contribution is 5.55. The molecule has 1 fully saturated rings. The second kappa shape index (κ2) is 5.28. The van der Waals surface area contributed by atoms with Gasteiger partial charge in [0.25, 0.3) is 0 Å². The fraction of sp³-hybridized carbons (Fsp3) is 0.429. The molecular formula is C14H15F2N3O. The highest BCUT2D eigenvalue weighted by Gasteiger charge is 2.28. The molecule has 2 atom stereocenters. The smallest absolute Gasteiger partial charge is 0.231 e. The summed E-state index contributed by atoms with van der Waals surface area (Å²) in [5, 5.41) is 3.75. The fourth-order valence-corrected chi connectivity index (χ4v) is 2.63. The van der Waals surface area contributed by atoms with Crippen molar-refractivity contribution in [1.82, 2.24) is 10.1 Å². The summed E-state index contributed by atoms with van der Waals surface area (Å²) in [5.41, 5.74) is 6.06. The lowest BCUT2D eigenvalue weighted by Gasteiger charge is -2.25. The van der Waals surface area contributed by atoms with Crippen LogP contribution in [0.15, 0.2) is 22.7 Å². The molecule has 0 spiro atoms. The van der Waals surface area contributed by atoms with Crippen LogP contribution in [0.3, 0.4) is 0 Å². The molecule has 1 heterocycles. The number of hydrogen-bond acceptors (Lipinski definition) is 4. The van der Waals surface area contributed by atoms with Crippen molar-refractivity contribution in [2.75, 3.05) is 0 Å². The highest BCUT2D eigenvalue weighted by Crippen LogP contribution is 2.32. The van der Waals surface area contributed by atoms with E-state index in [0.717, 1.165) is 43.9 Å². The molecule has 4 nitrogen and oxygen atoms in total. The summed E-state index contributed by atoms with van der Waals surface area (Å²) in [6.07, 6.45) is 3.95. The van der Waals surface area contributed by atoms with Gasteiger partial charge in [-0.15, -0.1) is 0 Å². The first kappa shape index (κ1) is 13.2. The van der Waals surface area contributed by atoms with Crippen LogP contribution in [0.5, 0.6) is 0 Å². The van der Waals surface area contributed by atoms with Gasteiger partial charge in [-0.1, -0.05) is 18.0 Å². The summed E-state index contributed by atoms with van der Waals surface area (Å²) in [5.74, 6) is -0.638. The van der Waals surface area contributed by atoms with Crippen molar-refractivity contribution in [2.45, 2.75) is 37.6 Å². The van der Waals surface area contributed by atoms with Crippen LogP contribution in [0.1, 0.15) is 37.5 Å². The first-order valence-corrected chi connectivity index (χ1v) is 6.70. The number of nitrogens with two attached hydrogens (primary N) is 1. The Hall–Kier alpha value is -1.82. The van der Waals surface area contributed by atoms with E-state index in [1.165, 1.54) is 0 Å². The Bertz CT molecular complexity index is 614. The molecule has 6 heteroatoms. The summed E-state index contributed by atoms with van der Waals surface area (Å²) in [6.45, 7) is 0. The van der Waals surface area contributed by atoms with Gasteiger partial charge >= 0.3 is 0 Å². The predicted octanol–water partition coefficient (Wildman–Crippen LogP) is 3.00. The van der Waals surface area contributed by atoms with Crippen molar-refractivity contribution >= 4 is 0 Å². The van der Waals surface area contributed by atoms with Crippen molar-refractivity contribution in [3.05, 3.63) is 35.7 Å². The summed E-state index contributed by atoms with van der Waals surface area (Å²) < 4.78 is 32.0. The van der Waals surface area contributed by atoms with Gasteiger partial charge in [0.1, 0.15) is 11.6 Å². The minimum Gasteiger partial charge on any atom is -0.339 e. The van der Waals surface area contributed by atoms with Gasteiger partial charge in [0.05, 0.1) is 11.5 Å². The Morgan fingerprint density at radius 1 is 1.20 bits per heavy atom. The molecule has 1 aromatic carbocycles. The third-order valence-electron chi connectivity index (χ3n) is 3.75. The van der Waals surface area contributed by atoms with Crippen LogP contribution in [0.2, 0.25) is 0 Å². The molecule has 1 aliphatic rings. The van der Waals surface area contributed by atoms with Gasteiger partial charge in [0.2, 0.25) is 11.7 Å². The van der Waals surface area contributed by atoms with Crippen LogP contribution in [0.25, 0.3) is 11.4 Å². The van der Waals surface area contributed by atoms with Gasteiger partial charge in [-0.2, -0.15) is 4.98 Å². The normalized spacial score (nSPS) is 22.9. The van der Waals surface area contributed by atoms with Crippen LogP contribution in [-0.2, 0) is 0 Å². The first-order chi connectivity index (χ1) is 9.65. The van der Waals surface area contributed by atoms with Gasteiger partial charge < -0.3 is 10.3 Å². The maximum Gasteiger partial charge on any atom is 0.231 e. The monoisotopic (exact) mass is 279 g/mol. The molecule has 1 aliphatic carbocycles. The molecule has 2 N–H and O–H groups in total. The average Bonchev–Trinajstić information content (AvgIpc) is 2.91. The Labute approximate surface area is 115 Å². The zero-order valence-corrected chi connectivity index (χ0v) is 10.9. The molecule has 1 saturated carbocycles. The minimum atomic E-state index is -0.577. The molecule has 0 radical (unpaired) electrons. The van der Waals surface area contributed by atoms with E-state index in [-0.39, 0.29) is 23.3 Å². The summed E-state index contributed by atoms with van der Waals surface area (Å²) in [4.78, 5) is 4.19. The molecule has 0 bridgehead atoms. The largest absolute Gasteiger partial charge is 0.339 e. The molecule has 106 valence electrons. The average molecular weight is 279 g/mol. The van der Waals surface area contributed by atoms with E-state index in [4.69, 9.17) is 10.3 Å². The van der Waals surface area contributed by atoms with E-state index in [2.05, 4.69) is 10.1 Å². The van der Waals surface area contributed by atoms with Crippen LogP contribution in [0.4, 0.5) is 8.78 Å². The van der Waals surface area contributed by atoms with Crippen LogP contribution in [0, 0.1) is 11.6 Å². The zero-order chi connectivity index (χ0) is 14.1. The second-order valence-electron chi connectivity index (χ2n) is 5.14. The number of hydrogen-bond donors (Lipinski definition) is 1. The van der Waals surface area contributed by atoms with Crippen molar-refractivity contribution in [3.63, 3.8) is 0 Å². The number of rotatable bonds is 2. The maximum atomic E-state index is 13.7. The number of benzene rings is 1. The van der Waals surface area contributed by atoms with E-state index >= 15 is 0 Å². The molecule has 0 saturated heterocycles. The minimum absolute atomic E-state index is 0.00150. The molecular weight excluding hydrogens is 264 g/mol. The quantitative estimate of drug-likeness (QED) is 0.917. The molecule has 2 aromatic rings. The third kappa shape index (κ3) is 2.43. The summed E-state index contributed by atoms with van der Waals surface area (Å²) in [6, 6.07) is 3.14. The topological polar surface area (TPSA) is 64.9 Å². The number of halogens is 2. The zero-order valence-electron chi connectivity index (χ0n) is 10.9. The van der Waals surface area contributed by atoms with E-state index < -0.39 is 11.6 Å². The van der Waals surface area contributed by atoms with E-state index in [1.54, 1.807) is 0 Å². The van der Waals surface area contributed by atoms with Crippen molar-refractivity contribution in [2.24, 2.45) is 5.73 Å². The Morgan fingerprint density at radius 3 is 2.80 bits per heavy atom. The Balaban J connectivity index is 1.91. The fourth-order valence-electron chi connectivity index (χ4n) is 2.63. The lowest BCUT2D eigenvalue weighted by atomic mass is 9.85. The van der Waals surface area contributed by atoms with Crippen LogP contribution >= 0.6 is 0 Å². The Morgan fingerprint density at radius 2 is 2.00 bits per heavy atom. The first-order valence-electron chi connectivity index (χ1n) is 6.70. The second-order valence-corrected chi connectivity index (χ2v) is 5.14. The molecule has 2 unspecified atom stereocenters. The lowest BCUT2D eigenvalue weighted by molar-refractivity contribution is 0.290. The van der Waals surface area contributed by atoms with Crippen molar-refractivity contribution < 1.29 is 13.3 Å².